The second-order valence-corrected chi connectivity index (χ2v) is 6.33. The van der Waals surface area contributed by atoms with Gasteiger partial charge < -0.3 is 18.8 Å². The van der Waals surface area contributed by atoms with E-state index in [1.54, 1.807) is 30.7 Å². The van der Waals surface area contributed by atoms with Crippen molar-refractivity contribution in [1.82, 2.24) is 9.55 Å². The summed E-state index contributed by atoms with van der Waals surface area (Å²) in [6.45, 7) is 5.35. The number of halogens is 2. The zero-order valence-corrected chi connectivity index (χ0v) is 14.5. The molecule has 1 aliphatic rings. The first kappa shape index (κ1) is 17.5. The van der Waals surface area contributed by atoms with Crippen LogP contribution in [0.1, 0.15) is 5.56 Å². The molecule has 1 aliphatic heterocycles. The first-order chi connectivity index (χ1) is 11.6. The molecule has 1 aromatic carbocycles. The summed E-state index contributed by atoms with van der Waals surface area (Å²) < 4.78 is 19.6. The highest BCUT2D eigenvalue weighted by molar-refractivity contribution is 6.35. The van der Waals surface area contributed by atoms with Gasteiger partial charge in [0.05, 0.1) is 37.7 Å². The SMILES string of the molecule is C=CCOCC1COC(Cn2ccnc2)(c2ccc(Cl)cc2Cl)O1. The monoisotopic (exact) mass is 368 g/mol. The van der Waals surface area contributed by atoms with Gasteiger partial charge >= 0.3 is 0 Å². The van der Waals surface area contributed by atoms with Gasteiger partial charge in [0.15, 0.2) is 0 Å². The minimum atomic E-state index is -1.01. The third kappa shape index (κ3) is 3.82. The second-order valence-electron chi connectivity index (χ2n) is 5.49. The van der Waals surface area contributed by atoms with E-state index in [-0.39, 0.29) is 6.10 Å². The van der Waals surface area contributed by atoms with Crippen molar-refractivity contribution in [3.63, 3.8) is 0 Å². The third-order valence-corrected chi connectivity index (χ3v) is 4.24. The highest BCUT2D eigenvalue weighted by Crippen LogP contribution is 2.40. The van der Waals surface area contributed by atoms with Gasteiger partial charge in [0.25, 0.3) is 0 Å². The molecule has 7 heteroatoms. The van der Waals surface area contributed by atoms with Gasteiger partial charge in [-0.15, -0.1) is 6.58 Å². The molecule has 0 saturated carbocycles. The van der Waals surface area contributed by atoms with Crippen LogP contribution in [-0.4, -0.2) is 35.5 Å². The fraction of sp³-hybridized carbons (Fsp3) is 0.353. The molecule has 0 radical (unpaired) electrons. The number of nitrogens with zero attached hydrogens (tertiary/aromatic N) is 2. The molecule has 0 amide bonds. The summed E-state index contributed by atoms with van der Waals surface area (Å²) in [5, 5.41) is 1.06. The van der Waals surface area contributed by atoms with Crippen molar-refractivity contribution in [3.05, 3.63) is 65.2 Å². The van der Waals surface area contributed by atoms with Crippen LogP contribution >= 0.6 is 23.2 Å². The molecule has 2 unspecified atom stereocenters. The lowest BCUT2D eigenvalue weighted by molar-refractivity contribution is -0.191. The number of imidazole rings is 1. The number of aromatic nitrogens is 2. The summed E-state index contributed by atoms with van der Waals surface area (Å²) >= 11 is 12.4. The summed E-state index contributed by atoms with van der Waals surface area (Å²) in [7, 11) is 0. The molecule has 1 aromatic heterocycles. The van der Waals surface area contributed by atoms with Crippen molar-refractivity contribution in [3.8, 4) is 0 Å². The Balaban J connectivity index is 1.86. The van der Waals surface area contributed by atoms with Gasteiger partial charge in [0, 0.05) is 23.0 Å². The molecule has 2 aromatic rings. The lowest BCUT2D eigenvalue weighted by atomic mass is 10.1. The van der Waals surface area contributed by atoms with Crippen LogP contribution < -0.4 is 0 Å². The normalized spacial score (nSPS) is 23.5. The van der Waals surface area contributed by atoms with Crippen molar-refractivity contribution in [2.75, 3.05) is 19.8 Å². The molecule has 3 rings (SSSR count). The second kappa shape index (κ2) is 7.68. The van der Waals surface area contributed by atoms with E-state index in [2.05, 4.69) is 11.6 Å². The van der Waals surface area contributed by atoms with E-state index in [1.807, 2.05) is 16.8 Å². The minimum absolute atomic E-state index is 0.194. The summed E-state index contributed by atoms with van der Waals surface area (Å²) in [5.41, 5.74) is 0.730. The Morgan fingerprint density at radius 3 is 3.04 bits per heavy atom. The van der Waals surface area contributed by atoms with Gasteiger partial charge in [-0.2, -0.15) is 0 Å². The van der Waals surface area contributed by atoms with Crippen LogP contribution in [0.5, 0.6) is 0 Å². The number of hydrogen-bond donors (Lipinski definition) is 0. The zero-order valence-electron chi connectivity index (χ0n) is 13.0. The molecule has 24 heavy (non-hydrogen) atoms. The van der Waals surface area contributed by atoms with Crippen LogP contribution in [0, 0.1) is 0 Å². The van der Waals surface area contributed by atoms with E-state index in [9.17, 15) is 0 Å². The molecule has 0 N–H and O–H groups in total. The summed E-state index contributed by atoms with van der Waals surface area (Å²) in [6.07, 6.45) is 6.77. The maximum absolute atomic E-state index is 6.40. The molecule has 128 valence electrons. The molecule has 5 nitrogen and oxygen atoms in total. The average Bonchev–Trinajstić information content (AvgIpc) is 3.19. The number of rotatable bonds is 7. The van der Waals surface area contributed by atoms with E-state index in [0.717, 1.165) is 5.56 Å². The summed E-state index contributed by atoms with van der Waals surface area (Å²) in [6, 6.07) is 5.28. The fourth-order valence-electron chi connectivity index (χ4n) is 2.66. The van der Waals surface area contributed by atoms with Crippen LogP contribution in [0.4, 0.5) is 0 Å². The maximum Gasteiger partial charge on any atom is 0.215 e. The molecule has 1 fully saturated rings. The fourth-order valence-corrected chi connectivity index (χ4v) is 3.21. The predicted octanol–water partition coefficient (Wildman–Crippen LogP) is 3.66. The van der Waals surface area contributed by atoms with Crippen LogP contribution in [0.15, 0.2) is 49.6 Å². The molecule has 0 spiro atoms. The van der Waals surface area contributed by atoms with Gasteiger partial charge in [0.1, 0.15) is 6.10 Å². The number of ether oxygens (including phenoxy) is 3. The Morgan fingerprint density at radius 2 is 2.33 bits per heavy atom. The van der Waals surface area contributed by atoms with Crippen molar-refractivity contribution in [2.24, 2.45) is 0 Å². The van der Waals surface area contributed by atoms with Gasteiger partial charge in [-0.3, -0.25) is 0 Å². The Hall–Kier alpha value is -1.37. The van der Waals surface area contributed by atoms with Crippen LogP contribution in [0.2, 0.25) is 10.0 Å². The van der Waals surface area contributed by atoms with E-state index in [0.29, 0.717) is 36.4 Å². The van der Waals surface area contributed by atoms with Gasteiger partial charge in [-0.05, 0) is 12.1 Å². The molecule has 2 atom stereocenters. The van der Waals surface area contributed by atoms with Crippen LogP contribution in [-0.2, 0) is 26.5 Å². The lowest BCUT2D eigenvalue weighted by Gasteiger charge is -2.30. The van der Waals surface area contributed by atoms with E-state index >= 15 is 0 Å². The Labute approximate surface area is 150 Å². The zero-order chi connectivity index (χ0) is 17.0. The predicted molar refractivity (Wildman–Crippen MR) is 92.2 cm³/mol. The Bertz CT molecular complexity index is 693. The van der Waals surface area contributed by atoms with Crippen molar-refractivity contribution in [1.29, 1.82) is 0 Å². The molecule has 2 heterocycles. The highest BCUT2D eigenvalue weighted by atomic mass is 35.5. The standard InChI is InChI=1S/C17H18Cl2N2O3/c1-2-7-22-9-14-10-23-17(24-14,11-21-6-5-20-12-21)15-4-3-13(18)8-16(15)19/h2-6,8,12,14H,1,7,9-11H2. The third-order valence-electron chi connectivity index (χ3n) is 3.69. The quantitative estimate of drug-likeness (QED) is 0.552. The van der Waals surface area contributed by atoms with Crippen molar-refractivity contribution >= 4 is 23.2 Å². The minimum Gasteiger partial charge on any atom is -0.375 e. The molecular weight excluding hydrogens is 351 g/mol. The molecule has 1 saturated heterocycles. The topological polar surface area (TPSA) is 45.5 Å². The van der Waals surface area contributed by atoms with Crippen molar-refractivity contribution in [2.45, 2.75) is 18.4 Å². The average molecular weight is 369 g/mol. The van der Waals surface area contributed by atoms with Gasteiger partial charge in [-0.25, -0.2) is 4.98 Å². The van der Waals surface area contributed by atoms with E-state index in [1.165, 1.54) is 0 Å². The molecular formula is C17H18Cl2N2O3. The largest absolute Gasteiger partial charge is 0.375 e. The van der Waals surface area contributed by atoms with Gasteiger partial charge in [-0.1, -0.05) is 35.3 Å². The Morgan fingerprint density at radius 1 is 1.46 bits per heavy atom. The summed E-state index contributed by atoms with van der Waals surface area (Å²) in [4.78, 5) is 4.07. The highest BCUT2D eigenvalue weighted by Gasteiger charge is 2.45. The molecule has 0 aliphatic carbocycles. The summed E-state index contributed by atoms with van der Waals surface area (Å²) in [5.74, 6) is -1.01. The number of hydrogen-bond acceptors (Lipinski definition) is 4. The van der Waals surface area contributed by atoms with Gasteiger partial charge in [0.2, 0.25) is 5.79 Å². The first-order valence-corrected chi connectivity index (χ1v) is 8.30. The lowest BCUT2D eigenvalue weighted by Crippen LogP contribution is -2.34. The van der Waals surface area contributed by atoms with Crippen LogP contribution in [0.25, 0.3) is 0 Å². The number of benzene rings is 1. The van der Waals surface area contributed by atoms with Crippen molar-refractivity contribution < 1.29 is 14.2 Å². The first-order valence-electron chi connectivity index (χ1n) is 7.54. The van der Waals surface area contributed by atoms with Crippen LogP contribution in [0.3, 0.4) is 0 Å². The molecule has 0 bridgehead atoms. The smallest absolute Gasteiger partial charge is 0.215 e. The van der Waals surface area contributed by atoms with E-state index < -0.39 is 5.79 Å². The Kier molecular flexibility index (Phi) is 5.58. The van der Waals surface area contributed by atoms with E-state index in [4.69, 9.17) is 37.4 Å². The maximum atomic E-state index is 6.40.